The molecule has 1 aliphatic rings. The van der Waals surface area contributed by atoms with E-state index in [0.29, 0.717) is 18.8 Å². The average Bonchev–Trinajstić information content (AvgIpc) is 2.65. The van der Waals surface area contributed by atoms with Gasteiger partial charge in [0.05, 0.1) is 24.2 Å². The van der Waals surface area contributed by atoms with Gasteiger partial charge in [-0.15, -0.1) is 0 Å². The van der Waals surface area contributed by atoms with Crippen LogP contribution in [0.25, 0.3) is 0 Å². The summed E-state index contributed by atoms with van der Waals surface area (Å²) in [7, 11) is 0.934. The minimum atomic E-state index is -1.59. The summed E-state index contributed by atoms with van der Waals surface area (Å²) in [5.41, 5.74) is -2.33. The van der Waals surface area contributed by atoms with Gasteiger partial charge in [0, 0.05) is 0 Å². The molecule has 1 aromatic carbocycles. The van der Waals surface area contributed by atoms with Crippen LogP contribution in [0.3, 0.4) is 0 Å². The Kier molecular flexibility index (Phi) is 6.91. The number of benzene rings is 1. The molecule has 6 heteroatoms. The number of halogens is 4. The van der Waals surface area contributed by atoms with Gasteiger partial charge in [-0.05, 0) is 31.6 Å². The van der Waals surface area contributed by atoms with Gasteiger partial charge in [-0.3, -0.25) is 0 Å². The second kappa shape index (κ2) is 8.75. The number of rotatable bonds is 7. The molecule has 1 fully saturated rings. The van der Waals surface area contributed by atoms with E-state index < -0.39 is 40.0 Å². The highest BCUT2D eigenvalue weighted by Crippen LogP contribution is 2.46. The Labute approximate surface area is 152 Å². The molecule has 0 spiro atoms. The minimum absolute atomic E-state index is 0.195. The summed E-state index contributed by atoms with van der Waals surface area (Å²) < 4.78 is 61.5. The fraction of sp³-hybridized carbons (Fsp3) is 0.650. The van der Waals surface area contributed by atoms with Crippen molar-refractivity contribution in [1.82, 2.24) is 0 Å². The van der Waals surface area contributed by atoms with Gasteiger partial charge in [-0.25, -0.2) is 8.78 Å². The highest BCUT2D eigenvalue weighted by molar-refractivity contribution is 5.42. The van der Waals surface area contributed by atoms with Crippen LogP contribution < -0.4 is 4.74 Å². The predicted molar refractivity (Wildman–Crippen MR) is 90.8 cm³/mol. The zero-order valence-electron chi connectivity index (χ0n) is 15.3. The van der Waals surface area contributed by atoms with Gasteiger partial charge in [0.25, 0.3) is 0 Å². The first-order valence-electron chi connectivity index (χ1n) is 9.23. The van der Waals surface area contributed by atoms with Crippen molar-refractivity contribution < 1.29 is 22.3 Å². The highest BCUT2D eigenvalue weighted by Gasteiger charge is 2.44. The summed E-state index contributed by atoms with van der Waals surface area (Å²) in [6.45, 7) is 2.14. The number of hydrogen-bond acceptors (Lipinski definition) is 2. The number of nitrogens with zero attached hydrogens (tertiary/aromatic N) is 1. The maximum Gasteiger partial charge on any atom is 0.204 e. The molecule has 0 radical (unpaired) electrons. The molecule has 1 aromatic rings. The van der Waals surface area contributed by atoms with Crippen molar-refractivity contribution in [2.75, 3.05) is 7.11 Å². The van der Waals surface area contributed by atoms with Gasteiger partial charge < -0.3 is 4.74 Å². The van der Waals surface area contributed by atoms with Crippen molar-refractivity contribution >= 4 is 0 Å². The van der Waals surface area contributed by atoms with Crippen molar-refractivity contribution in [3.8, 4) is 11.8 Å². The average molecular weight is 371 g/mol. The first-order valence-corrected chi connectivity index (χ1v) is 9.23. The number of ether oxygens (including phenoxy) is 1. The van der Waals surface area contributed by atoms with E-state index in [9.17, 15) is 22.8 Å². The molecule has 144 valence electrons. The van der Waals surface area contributed by atoms with Crippen LogP contribution in [0, 0.1) is 40.5 Å². The third kappa shape index (κ3) is 3.82. The summed E-state index contributed by atoms with van der Waals surface area (Å²) >= 11 is 0. The van der Waals surface area contributed by atoms with Gasteiger partial charge in [0.15, 0.2) is 17.4 Å². The molecular formula is C20H25F4NO. The van der Waals surface area contributed by atoms with Crippen LogP contribution in [0.5, 0.6) is 5.75 Å². The molecule has 0 aromatic heterocycles. The largest absolute Gasteiger partial charge is 0.491 e. The molecule has 1 saturated carbocycles. The van der Waals surface area contributed by atoms with Crippen LogP contribution in [0.15, 0.2) is 0 Å². The predicted octanol–water partition coefficient (Wildman–Crippen LogP) is 6.17. The van der Waals surface area contributed by atoms with Crippen molar-refractivity contribution in [3.63, 3.8) is 0 Å². The zero-order chi connectivity index (χ0) is 19.3. The zero-order valence-corrected chi connectivity index (χ0v) is 15.3. The van der Waals surface area contributed by atoms with E-state index in [1.165, 1.54) is 6.42 Å². The maximum absolute atomic E-state index is 14.5. The molecule has 0 amide bonds. The molecule has 2 rings (SSSR count). The summed E-state index contributed by atoms with van der Waals surface area (Å²) in [4.78, 5) is 0. The van der Waals surface area contributed by atoms with E-state index >= 15 is 0 Å². The fourth-order valence-electron chi connectivity index (χ4n) is 3.95. The van der Waals surface area contributed by atoms with Gasteiger partial charge in [0.1, 0.15) is 0 Å². The highest BCUT2D eigenvalue weighted by atomic mass is 19.2. The van der Waals surface area contributed by atoms with Crippen molar-refractivity contribution in [1.29, 1.82) is 5.26 Å². The van der Waals surface area contributed by atoms with E-state index in [1.54, 1.807) is 0 Å². The third-order valence-electron chi connectivity index (χ3n) is 5.54. The summed E-state index contributed by atoms with van der Waals surface area (Å²) in [5.74, 6) is -6.93. The SMILES string of the molecule is CCCCCC[C@H]1CC[C@@](C#N)(c2c(F)c(F)c(OC)c(F)c2F)CC1. The summed E-state index contributed by atoms with van der Waals surface area (Å²) in [6.07, 6.45) is 7.20. The maximum atomic E-state index is 14.5. The van der Waals surface area contributed by atoms with Gasteiger partial charge in [-0.1, -0.05) is 39.0 Å². The molecule has 2 nitrogen and oxygen atoms in total. The second-order valence-electron chi connectivity index (χ2n) is 7.15. The quantitative estimate of drug-likeness (QED) is 0.326. The molecule has 1 aliphatic carbocycles. The number of unbranched alkanes of at least 4 members (excludes halogenated alkanes) is 3. The monoisotopic (exact) mass is 371 g/mol. The molecule has 0 heterocycles. The first-order chi connectivity index (χ1) is 12.4. The fourth-order valence-corrected chi connectivity index (χ4v) is 3.95. The van der Waals surface area contributed by atoms with Crippen LogP contribution in [0.1, 0.15) is 70.3 Å². The second-order valence-corrected chi connectivity index (χ2v) is 7.15. The standard InChI is InChI=1S/C20H25F4NO/c1-3-4-5-6-7-13-8-10-20(12-25,11-9-13)14-15(21)17(23)19(26-2)18(24)16(14)22/h13H,3-11H2,1-2H3/t13-,20+. The van der Waals surface area contributed by atoms with Crippen molar-refractivity contribution in [3.05, 3.63) is 28.8 Å². The summed E-state index contributed by atoms with van der Waals surface area (Å²) in [5, 5.41) is 9.62. The molecule has 0 N–H and O–H groups in total. The Morgan fingerprint density at radius 3 is 2.04 bits per heavy atom. The van der Waals surface area contributed by atoms with Crippen LogP contribution in [0.2, 0.25) is 0 Å². The minimum Gasteiger partial charge on any atom is -0.491 e. The van der Waals surface area contributed by atoms with E-state index in [4.69, 9.17) is 0 Å². The lowest BCUT2D eigenvalue weighted by atomic mass is 9.66. The van der Waals surface area contributed by atoms with Gasteiger partial charge in [0.2, 0.25) is 11.6 Å². The topological polar surface area (TPSA) is 33.0 Å². The molecular weight excluding hydrogens is 346 g/mol. The molecule has 0 atom stereocenters. The Morgan fingerprint density at radius 2 is 1.58 bits per heavy atom. The lowest BCUT2D eigenvalue weighted by Gasteiger charge is -2.36. The van der Waals surface area contributed by atoms with E-state index in [0.717, 1.165) is 32.8 Å². The number of hydrogen-bond donors (Lipinski definition) is 0. The molecule has 0 bridgehead atoms. The Hall–Kier alpha value is -1.77. The molecule has 0 aliphatic heterocycles. The van der Waals surface area contributed by atoms with E-state index in [2.05, 4.69) is 11.7 Å². The molecule has 0 unspecified atom stereocenters. The Morgan fingerprint density at radius 1 is 1.00 bits per heavy atom. The van der Waals surface area contributed by atoms with Crippen molar-refractivity contribution in [2.24, 2.45) is 5.92 Å². The normalized spacial score (nSPS) is 22.9. The smallest absolute Gasteiger partial charge is 0.204 e. The van der Waals surface area contributed by atoms with Crippen LogP contribution >= 0.6 is 0 Å². The Balaban J connectivity index is 2.24. The lowest BCUT2D eigenvalue weighted by Crippen LogP contribution is -2.33. The van der Waals surface area contributed by atoms with Crippen LogP contribution in [0.4, 0.5) is 17.6 Å². The van der Waals surface area contributed by atoms with E-state index in [1.807, 2.05) is 6.07 Å². The number of nitriles is 1. The lowest BCUT2D eigenvalue weighted by molar-refractivity contribution is 0.244. The van der Waals surface area contributed by atoms with Gasteiger partial charge in [-0.2, -0.15) is 14.0 Å². The third-order valence-corrected chi connectivity index (χ3v) is 5.54. The van der Waals surface area contributed by atoms with E-state index in [-0.39, 0.29) is 12.8 Å². The number of methoxy groups -OCH3 is 1. The molecule has 0 saturated heterocycles. The summed E-state index contributed by atoms with van der Waals surface area (Å²) in [6, 6.07) is 1.95. The Bertz CT molecular complexity index is 646. The van der Waals surface area contributed by atoms with Gasteiger partial charge >= 0.3 is 0 Å². The van der Waals surface area contributed by atoms with Crippen LogP contribution in [-0.2, 0) is 5.41 Å². The van der Waals surface area contributed by atoms with Crippen molar-refractivity contribution in [2.45, 2.75) is 70.1 Å². The first kappa shape index (κ1) is 20.5. The molecule has 26 heavy (non-hydrogen) atoms. The van der Waals surface area contributed by atoms with Crippen LogP contribution in [-0.4, -0.2) is 7.11 Å².